The molecule has 172 valence electrons. The average molecular weight is 438 g/mol. The highest BCUT2D eigenvalue weighted by atomic mass is 19.3. The molecule has 0 aliphatic carbocycles. The number of aromatic hydroxyl groups is 1. The largest absolute Gasteiger partial charge is 0.508 e. The molecule has 4 N–H and O–H groups in total. The van der Waals surface area contributed by atoms with Gasteiger partial charge in [-0.05, 0) is 42.6 Å². The van der Waals surface area contributed by atoms with E-state index < -0.39 is 18.6 Å². The van der Waals surface area contributed by atoms with Gasteiger partial charge in [-0.25, -0.2) is 8.78 Å². The molecule has 0 bridgehead atoms. The lowest BCUT2D eigenvalue weighted by Gasteiger charge is -2.16. The van der Waals surface area contributed by atoms with E-state index in [-0.39, 0.29) is 18.8 Å². The van der Waals surface area contributed by atoms with E-state index in [0.29, 0.717) is 29.8 Å². The van der Waals surface area contributed by atoms with E-state index in [4.69, 9.17) is 4.74 Å². The first-order valence-electron chi connectivity index (χ1n) is 10.7. The smallest absolute Gasteiger partial charge is 0.274 e. The fourth-order valence-electron chi connectivity index (χ4n) is 3.27. The fraction of sp³-hybridized carbons (Fsp3) is 0.500. The molecule has 0 saturated heterocycles. The molecule has 2 aromatic carbocycles. The lowest BCUT2D eigenvalue weighted by molar-refractivity contribution is -0.0765. The van der Waals surface area contributed by atoms with Crippen molar-refractivity contribution in [3.05, 3.63) is 65.2 Å². The molecule has 5 nitrogen and oxygen atoms in total. The lowest BCUT2D eigenvalue weighted by Crippen LogP contribution is -2.26. The number of rotatable bonds is 15. The van der Waals surface area contributed by atoms with Crippen LogP contribution in [0.25, 0.3) is 0 Å². The summed E-state index contributed by atoms with van der Waals surface area (Å²) >= 11 is 0. The zero-order valence-corrected chi connectivity index (χ0v) is 17.8. The molecule has 0 aliphatic rings. The van der Waals surface area contributed by atoms with Crippen LogP contribution in [0.4, 0.5) is 8.78 Å². The van der Waals surface area contributed by atoms with Crippen LogP contribution in [0.3, 0.4) is 0 Å². The Morgan fingerprint density at radius 2 is 1.74 bits per heavy atom. The van der Waals surface area contributed by atoms with Crippen molar-refractivity contribution in [3.63, 3.8) is 0 Å². The van der Waals surface area contributed by atoms with Crippen LogP contribution in [0, 0.1) is 0 Å². The SMILES string of the molecule is OCc1cc([C@@H](O)CNCCCCCCOCC(F)(F)Cc2ccccc2)ccc1O. The van der Waals surface area contributed by atoms with E-state index in [1.54, 1.807) is 42.5 Å². The molecule has 0 amide bonds. The number of nitrogens with one attached hydrogen (secondary N) is 1. The highest BCUT2D eigenvalue weighted by Gasteiger charge is 2.29. The third kappa shape index (κ3) is 9.74. The number of aliphatic hydroxyl groups excluding tert-OH is 2. The lowest BCUT2D eigenvalue weighted by atomic mass is 10.1. The van der Waals surface area contributed by atoms with Crippen molar-refractivity contribution in [3.8, 4) is 5.75 Å². The summed E-state index contributed by atoms with van der Waals surface area (Å²) in [5.41, 5.74) is 1.63. The van der Waals surface area contributed by atoms with Gasteiger partial charge in [-0.3, -0.25) is 0 Å². The molecule has 0 unspecified atom stereocenters. The predicted octanol–water partition coefficient (Wildman–Crippen LogP) is 3.96. The van der Waals surface area contributed by atoms with E-state index in [0.717, 1.165) is 32.2 Å². The summed E-state index contributed by atoms with van der Waals surface area (Å²) in [6.45, 7) is 0.586. The number of phenols is 1. The Kier molecular flexibility index (Phi) is 10.9. The van der Waals surface area contributed by atoms with Gasteiger partial charge in [0, 0.05) is 25.1 Å². The van der Waals surface area contributed by atoms with Gasteiger partial charge in [0.15, 0.2) is 0 Å². The molecule has 0 heterocycles. The molecular formula is C24H33F2NO4. The van der Waals surface area contributed by atoms with Crippen molar-refractivity contribution < 1.29 is 28.8 Å². The summed E-state index contributed by atoms with van der Waals surface area (Å²) < 4.78 is 33.0. The summed E-state index contributed by atoms with van der Waals surface area (Å²) in [5.74, 6) is -2.85. The number of hydrogen-bond acceptors (Lipinski definition) is 5. The molecule has 2 rings (SSSR count). The number of alkyl halides is 2. The van der Waals surface area contributed by atoms with Gasteiger partial charge in [-0.1, -0.05) is 49.2 Å². The highest BCUT2D eigenvalue weighted by molar-refractivity contribution is 5.36. The van der Waals surface area contributed by atoms with Gasteiger partial charge in [-0.2, -0.15) is 0 Å². The third-order valence-electron chi connectivity index (χ3n) is 5.01. The van der Waals surface area contributed by atoms with E-state index in [1.807, 2.05) is 0 Å². The minimum Gasteiger partial charge on any atom is -0.508 e. The van der Waals surface area contributed by atoms with Crippen molar-refractivity contribution in [2.75, 3.05) is 26.3 Å². The third-order valence-corrected chi connectivity index (χ3v) is 5.01. The summed E-state index contributed by atoms with van der Waals surface area (Å²) in [5, 5.41) is 32.1. The summed E-state index contributed by atoms with van der Waals surface area (Å²) in [6.07, 6.45) is 2.46. The number of unbranched alkanes of at least 4 members (excludes halogenated alkanes) is 3. The number of halogens is 2. The molecule has 1 atom stereocenters. The first kappa shape index (κ1) is 25.2. The average Bonchev–Trinajstić information content (AvgIpc) is 2.75. The Morgan fingerprint density at radius 1 is 1.00 bits per heavy atom. The molecule has 0 aromatic heterocycles. The van der Waals surface area contributed by atoms with E-state index in [9.17, 15) is 24.1 Å². The van der Waals surface area contributed by atoms with Gasteiger partial charge in [0.25, 0.3) is 5.92 Å². The van der Waals surface area contributed by atoms with Crippen LogP contribution in [-0.2, 0) is 17.8 Å². The number of hydrogen-bond donors (Lipinski definition) is 4. The Morgan fingerprint density at radius 3 is 2.48 bits per heavy atom. The van der Waals surface area contributed by atoms with Crippen LogP contribution in [0.5, 0.6) is 5.75 Å². The van der Waals surface area contributed by atoms with Crippen molar-refractivity contribution in [2.24, 2.45) is 0 Å². The maximum Gasteiger partial charge on any atom is 0.274 e. The number of benzene rings is 2. The van der Waals surface area contributed by atoms with Crippen LogP contribution in [-0.4, -0.2) is 47.5 Å². The van der Waals surface area contributed by atoms with Gasteiger partial charge >= 0.3 is 0 Å². The van der Waals surface area contributed by atoms with Crippen molar-refractivity contribution in [2.45, 2.75) is 50.7 Å². The Balaban J connectivity index is 1.48. The zero-order chi connectivity index (χ0) is 22.5. The van der Waals surface area contributed by atoms with E-state index in [1.165, 1.54) is 6.07 Å². The van der Waals surface area contributed by atoms with E-state index in [2.05, 4.69) is 5.32 Å². The standard InChI is InChI=1S/C24H33F2NO4/c25-24(26,15-19-8-4-3-5-9-19)18-31-13-7-2-1-6-12-27-16-23(30)20-10-11-22(29)21(14-20)17-28/h3-5,8-11,14,23,27-30H,1-2,6-7,12-13,15-18H2/t23-/m0/s1. The molecular weight excluding hydrogens is 404 g/mol. The molecule has 0 spiro atoms. The second kappa shape index (κ2) is 13.4. The van der Waals surface area contributed by atoms with Crippen LogP contribution in [0.15, 0.2) is 48.5 Å². The second-order valence-electron chi connectivity index (χ2n) is 7.75. The van der Waals surface area contributed by atoms with Crippen molar-refractivity contribution >= 4 is 0 Å². The predicted molar refractivity (Wildman–Crippen MR) is 116 cm³/mol. The molecule has 2 aromatic rings. The topological polar surface area (TPSA) is 82.0 Å². The van der Waals surface area contributed by atoms with Gasteiger partial charge in [-0.15, -0.1) is 0 Å². The second-order valence-corrected chi connectivity index (χ2v) is 7.75. The Bertz CT molecular complexity index is 758. The van der Waals surface area contributed by atoms with Crippen LogP contribution in [0.2, 0.25) is 0 Å². The van der Waals surface area contributed by atoms with Crippen molar-refractivity contribution in [1.29, 1.82) is 0 Å². The van der Waals surface area contributed by atoms with Crippen LogP contribution < -0.4 is 5.32 Å². The minimum atomic E-state index is -2.86. The van der Waals surface area contributed by atoms with Gasteiger partial charge < -0.3 is 25.4 Å². The normalized spacial score (nSPS) is 12.8. The molecule has 7 heteroatoms. The first-order valence-corrected chi connectivity index (χ1v) is 10.7. The minimum absolute atomic E-state index is 0.00954. The summed E-state index contributed by atoms with van der Waals surface area (Å²) in [6, 6.07) is 13.4. The van der Waals surface area contributed by atoms with Gasteiger partial charge in [0.2, 0.25) is 0 Å². The summed E-state index contributed by atoms with van der Waals surface area (Å²) in [7, 11) is 0. The van der Waals surface area contributed by atoms with Crippen LogP contribution in [0.1, 0.15) is 48.5 Å². The highest BCUT2D eigenvalue weighted by Crippen LogP contribution is 2.22. The fourth-order valence-corrected chi connectivity index (χ4v) is 3.27. The molecule has 0 aliphatic heterocycles. The quantitative estimate of drug-likeness (QED) is 0.317. The Hall–Kier alpha value is -2.06. The zero-order valence-electron chi connectivity index (χ0n) is 17.8. The monoisotopic (exact) mass is 437 g/mol. The van der Waals surface area contributed by atoms with Gasteiger partial charge in [0.05, 0.1) is 12.7 Å². The maximum atomic E-state index is 13.9. The molecule has 0 radical (unpaired) electrons. The van der Waals surface area contributed by atoms with Crippen LogP contribution >= 0.6 is 0 Å². The number of ether oxygens (including phenoxy) is 1. The molecule has 0 saturated carbocycles. The van der Waals surface area contributed by atoms with Crippen molar-refractivity contribution in [1.82, 2.24) is 5.32 Å². The Labute approximate surface area is 182 Å². The van der Waals surface area contributed by atoms with Gasteiger partial charge in [0.1, 0.15) is 12.4 Å². The molecule has 31 heavy (non-hydrogen) atoms. The first-order chi connectivity index (χ1) is 14.9. The van der Waals surface area contributed by atoms with E-state index >= 15 is 0 Å². The number of aliphatic hydroxyl groups is 2. The molecule has 0 fully saturated rings. The summed E-state index contributed by atoms with van der Waals surface area (Å²) in [4.78, 5) is 0. The maximum absolute atomic E-state index is 13.9.